The Morgan fingerprint density at radius 1 is 1.10 bits per heavy atom. The van der Waals surface area contributed by atoms with Gasteiger partial charge in [-0.2, -0.15) is 0 Å². The largest absolute Gasteiger partial charge is 0.490 e. The number of nitrogens with one attached hydrogen (secondary N) is 1. The number of hydrogen-bond acceptors (Lipinski definition) is 8. The maximum atomic E-state index is 13.1. The lowest BCUT2D eigenvalue weighted by molar-refractivity contribution is -0.140. The quantitative estimate of drug-likeness (QED) is 0.216. The molecule has 204 valence electrons. The molecule has 1 fully saturated rings. The van der Waals surface area contributed by atoms with Crippen molar-refractivity contribution in [1.82, 2.24) is 0 Å². The molecule has 0 saturated carbocycles. The number of carboxylic acids is 1. The summed E-state index contributed by atoms with van der Waals surface area (Å²) in [6, 6.07) is 18.7. The summed E-state index contributed by atoms with van der Waals surface area (Å²) < 4.78 is 37.4. The molecule has 1 amide bonds. The van der Waals surface area contributed by atoms with Crippen LogP contribution in [0.5, 0.6) is 5.75 Å². The van der Waals surface area contributed by atoms with Crippen LogP contribution in [-0.2, 0) is 25.8 Å². The van der Waals surface area contributed by atoms with Crippen molar-refractivity contribution >= 4 is 33.4 Å². The van der Waals surface area contributed by atoms with Crippen LogP contribution in [0.1, 0.15) is 16.7 Å². The first kappa shape index (κ1) is 27.6. The summed E-state index contributed by atoms with van der Waals surface area (Å²) in [6.45, 7) is 2.10. The number of benzene rings is 3. The number of amidine groups is 1. The van der Waals surface area contributed by atoms with Crippen molar-refractivity contribution in [3.63, 3.8) is 0 Å². The van der Waals surface area contributed by atoms with Gasteiger partial charge in [-0.25, -0.2) is 18.0 Å². The lowest BCUT2D eigenvalue weighted by Gasteiger charge is -2.25. The Morgan fingerprint density at radius 2 is 1.72 bits per heavy atom. The van der Waals surface area contributed by atoms with Crippen molar-refractivity contribution < 1.29 is 32.6 Å². The number of sulfone groups is 1. The molecule has 3 aromatic rings. The van der Waals surface area contributed by atoms with Crippen LogP contribution in [0.3, 0.4) is 0 Å². The summed E-state index contributed by atoms with van der Waals surface area (Å²) in [6.07, 6.45) is -1.54. The summed E-state index contributed by atoms with van der Waals surface area (Å²) in [5.74, 6) is -1.32. The van der Waals surface area contributed by atoms with E-state index in [0.717, 1.165) is 5.56 Å². The van der Waals surface area contributed by atoms with Gasteiger partial charge in [0.05, 0.1) is 11.4 Å². The van der Waals surface area contributed by atoms with E-state index in [1.165, 1.54) is 29.2 Å². The average Bonchev–Trinajstić information content (AvgIpc) is 3.28. The van der Waals surface area contributed by atoms with E-state index in [2.05, 4.69) is 0 Å². The van der Waals surface area contributed by atoms with Gasteiger partial charge in [0.15, 0.2) is 6.10 Å². The van der Waals surface area contributed by atoms with Crippen LogP contribution in [0.15, 0.2) is 77.7 Å². The Labute approximate surface area is 225 Å². The van der Waals surface area contributed by atoms with Crippen LogP contribution in [0.2, 0.25) is 0 Å². The molecule has 4 rings (SSSR count). The molecule has 1 aliphatic rings. The summed E-state index contributed by atoms with van der Waals surface area (Å²) in [5.41, 5.74) is 13.8. The van der Waals surface area contributed by atoms with E-state index in [1.807, 2.05) is 0 Å². The lowest BCUT2D eigenvalue weighted by atomic mass is 10.1. The summed E-state index contributed by atoms with van der Waals surface area (Å²) in [7, 11) is -4.41. The molecule has 12 heteroatoms. The molecule has 0 aromatic heterocycles. The SMILES string of the molecule is Cc1ccc(S(=O)(=O)C(N)(Cc2ccc(OCC3CN(c4ccc(C(=N)N)cc4)C(=O)O3)cc2)C(=O)O)cc1. The van der Waals surface area contributed by atoms with Crippen molar-refractivity contribution in [2.75, 3.05) is 18.1 Å². The van der Waals surface area contributed by atoms with Gasteiger partial charge in [-0.1, -0.05) is 29.8 Å². The fourth-order valence-electron chi connectivity index (χ4n) is 4.05. The lowest BCUT2D eigenvalue weighted by Crippen LogP contribution is -2.56. The highest BCUT2D eigenvalue weighted by Gasteiger charge is 2.48. The number of nitrogens with two attached hydrogens (primary N) is 2. The number of aliphatic carboxylic acids is 1. The molecule has 0 radical (unpaired) electrons. The minimum Gasteiger partial charge on any atom is -0.490 e. The van der Waals surface area contributed by atoms with Crippen molar-refractivity contribution in [3.05, 3.63) is 89.5 Å². The number of amides is 1. The number of aryl methyl sites for hydroxylation is 1. The number of nitrogens with zero attached hydrogens (tertiary/aromatic N) is 1. The van der Waals surface area contributed by atoms with Crippen LogP contribution < -0.4 is 21.1 Å². The molecule has 1 aliphatic heterocycles. The first-order valence-electron chi connectivity index (χ1n) is 11.9. The molecule has 0 bridgehead atoms. The highest BCUT2D eigenvalue weighted by Crippen LogP contribution is 2.28. The number of carbonyl (C=O) groups excluding carboxylic acids is 1. The highest BCUT2D eigenvalue weighted by atomic mass is 32.2. The van der Waals surface area contributed by atoms with Crippen molar-refractivity contribution in [3.8, 4) is 5.75 Å². The van der Waals surface area contributed by atoms with E-state index in [0.29, 0.717) is 22.6 Å². The highest BCUT2D eigenvalue weighted by molar-refractivity contribution is 7.93. The maximum Gasteiger partial charge on any atom is 0.414 e. The van der Waals surface area contributed by atoms with Crippen LogP contribution in [0.4, 0.5) is 10.5 Å². The molecule has 1 heterocycles. The average molecular weight is 553 g/mol. The summed E-state index contributed by atoms with van der Waals surface area (Å²) >= 11 is 0. The Balaban J connectivity index is 1.39. The summed E-state index contributed by atoms with van der Waals surface area (Å²) in [4.78, 5) is 23.1. The molecule has 0 spiro atoms. The smallest absolute Gasteiger partial charge is 0.414 e. The van der Waals surface area contributed by atoms with Gasteiger partial charge < -0.3 is 26.0 Å². The van der Waals surface area contributed by atoms with E-state index < -0.39 is 39.3 Å². The molecule has 0 aliphatic carbocycles. The number of nitrogen functional groups attached to an aromatic ring is 1. The number of carbonyl (C=O) groups is 2. The molecule has 39 heavy (non-hydrogen) atoms. The third-order valence-electron chi connectivity index (χ3n) is 6.36. The summed E-state index contributed by atoms with van der Waals surface area (Å²) in [5, 5.41) is 17.2. The second-order valence-corrected chi connectivity index (χ2v) is 11.4. The fourth-order valence-corrected chi connectivity index (χ4v) is 5.55. The zero-order valence-corrected chi connectivity index (χ0v) is 21.9. The molecule has 3 aromatic carbocycles. The van der Waals surface area contributed by atoms with E-state index in [9.17, 15) is 23.1 Å². The zero-order chi connectivity index (χ0) is 28.4. The van der Waals surface area contributed by atoms with Crippen LogP contribution in [-0.4, -0.2) is 55.5 Å². The standard InChI is InChI=1S/C27H28N4O7S/c1-17-2-12-23(13-3-17)39(35,36)27(30,25(32)33)14-18-4-10-21(11-5-18)37-16-22-15-31(26(34)38-22)20-8-6-19(7-9-20)24(28)29/h2-13,22H,14-16,30H2,1H3,(H3,28,29)(H,32,33). The number of hydrogen-bond donors (Lipinski definition) is 4. The second-order valence-electron chi connectivity index (χ2n) is 9.22. The fraction of sp³-hybridized carbons (Fsp3) is 0.222. The minimum atomic E-state index is -4.41. The van der Waals surface area contributed by atoms with Gasteiger partial charge in [-0.3, -0.25) is 10.3 Å². The van der Waals surface area contributed by atoms with E-state index >= 15 is 0 Å². The van der Waals surface area contributed by atoms with Crippen LogP contribution in [0.25, 0.3) is 0 Å². The molecular weight excluding hydrogens is 524 g/mol. The first-order valence-corrected chi connectivity index (χ1v) is 13.4. The zero-order valence-electron chi connectivity index (χ0n) is 21.0. The topological polar surface area (TPSA) is 186 Å². The van der Waals surface area contributed by atoms with Crippen LogP contribution >= 0.6 is 0 Å². The Kier molecular flexibility index (Phi) is 7.61. The molecular formula is C27H28N4O7S. The van der Waals surface area contributed by atoms with Gasteiger partial charge in [-0.05, 0) is 61.0 Å². The van der Waals surface area contributed by atoms with Crippen molar-refractivity contribution in [2.45, 2.75) is 29.2 Å². The number of rotatable bonds is 10. The third kappa shape index (κ3) is 5.71. The van der Waals surface area contributed by atoms with Crippen LogP contribution in [0, 0.1) is 12.3 Å². The Hall–Kier alpha value is -4.42. The second kappa shape index (κ2) is 10.8. The maximum absolute atomic E-state index is 13.1. The first-order chi connectivity index (χ1) is 18.4. The van der Waals surface area contributed by atoms with Crippen molar-refractivity contribution in [1.29, 1.82) is 5.41 Å². The van der Waals surface area contributed by atoms with Gasteiger partial charge in [0, 0.05) is 17.7 Å². The molecule has 2 atom stereocenters. The predicted octanol–water partition coefficient (Wildman–Crippen LogP) is 2.44. The molecule has 2 unspecified atom stereocenters. The number of carboxylic acid groups (broad SMARTS) is 1. The van der Waals surface area contributed by atoms with Gasteiger partial charge >= 0.3 is 12.1 Å². The third-order valence-corrected chi connectivity index (χ3v) is 8.53. The van der Waals surface area contributed by atoms with Gasteiger partial charge in [-0.15, -0.1) is 0 Å². The van der Waals surface area contributed by atoms with Gasteiger partial charge in [0.2, 0.25) is 14.7 Å². The molecule has 1 saturated heterocycles. The molecule has 11 nitrogen and oxygen atoms in total. The Bertz CT molecular complexity index is 1490. The van der Waals surface area contributed by atoms with E-state index in [-0.39, 0.29) is 23.9 Å². The number of anilines is 1. The van der Waals surface area contributed by atoms with Crippen molar-refractivity contribution in [2.24, 2.45) is 11.5 Å². The number of cyclic esters (lactones) is 1. The van der Waals surface area contributed by atoms with E-state index in [1.54, 1.807) is 55.5 Å². The molecule has 6 N–H and O–H groups in total. The Morgan fingerprint density at radius 3 is 2.28 bits per heavy atom. The van der Waals surface area contributed by atoms with Gasteiger partial charge in [0.25, 0.3) is 0 Å². The van der Waals surface area contributed by atoms with E-state index in [4.69, 9.17) is 26.4 Å². The normalized spacial score (nSPS) is 16.8. The monoisotopic (exact) mass is 552 g/mol. The predicted molar refractivity (Wildman–Crippen MR) is 144 cm³/mol. The van der Waals surface area contributed by atoms with Gasteiger partial charge in [0.1, 0.15) is 18.2 Å². The minimum absolute atomic E-state index is 0.0604. The number of ether oxygens (including phenoxy) is 2.